The average molecular weight is 488 g/mol. The van der Waals surface area contributed by atoms with Crippen molar-refractivity contribution < 1.29 is 23.1 Å². The summed E-state index contributed by atoms with van der Waals surface area (Å²) < 4.78 is 23.4. The van der Waals surface area contributed by atoms with E-state index in [0.717, 1.165) is 23.1 Å². The molecule has 36 heavy (non-hydrogen) atoms. The zero-order chi connectivity index (χ0) is 25.4. The van der Waals surface area contributed by atoms with Crippen LogP contribution in [0.2, 0.25) is 0 Å². The van der Waals surface area contributed by atoms with Crippen molar-refractivity contribution in [3.8, 4) is 11.5 Å². The fourth-order valence-electron chi connectivity index (χ4n) is 4.89. The van der Waals surface area contributed by atoms with Crippen LogP contribution in [0.25, 0.3) is 11.0 Å². The topological polar surface area (TPSA) is 82.1 Å². The highest BCUT2D eigenvalue weighted by molar-refractivity contribution is 5.99. The van der Waals surface area contributed by atoms with Gasteiger partial charge in [0.2, 0.25) is 5.76 Å². The van der Waals surface area contributed by atoms with E-state index in [4.69, 9.17) is 18.3 Å². The second-order valence-electron chi connectivity index (χ2n) is 9.03. The summed E-state index contributed by atoms with van der Waals surface area (Å²) in [4.78, 5) is 29.2. The van der Waals surface area contributed by atoms with Crippen molar-refractivity contribution in [1.29, 1.82) is 0 Å². The molecule has 1 atom stereocenters. The molecule has 0 fully saturated rings. The van der Waals surface area contributed by atoms with Gasteiger partial charge in [-0.2, -0.15) is 0 Å². The molecule has 0 N–H and O–H groups in total. The van der Waals surface area contributed by atoms with Gasteiger partial charge in [0, 0.05) is 0 Å². The molecule has 2 aromatic carbocycles. The summed E-state index contributed by atoms with van der Waals surface area (Å²) >= 11 is 0. The number of amides is 1. The van der Waals surface area contributed by atoms with Gasteiger partial charge in [-0.3, -0.25) is 9.59 Å². The number of carbonyl (C=O) groups excluding carboxylic acids is 1. The smallest absolute Gasteiger partial charge is 0.291 e. The van der Waals surface area contributed by atoms with Crippen molar-refractivity contribution >= 4 is 16.9 Å². The van der Waals surface area contributed by atoms with E-state index in [1.54, 1.807) is 29.4 Å². The Hall–Kier alpha value is -4.00. The molecule has 7 nitrogen and oxygen atoms in total. The van der Waals surface area contributed by atoms with Crippen molar-refractivity contribution in [3.05, 3.63) is 92.7 Å². The summed E-state index contributed by atoms with van der Waals surface area (Å²) in [5.74, 6) is 1.52. The first-order chi connectivity index (χ1) is 17.4. The van der Waals surface area contributed by atoms with E-state index in [0.29, 0.717) is 47.0 Å². The molecule has 0 saturated heterocycles. The second-order valence-corrected chi connectivity index (χ2v) is 9.03. The number of nitrogens with zero attached hydrogens (tertiary/aromatic N) is 1. The summed E-state index contributed by atoms with van der Waals surface area (Å²) in [5, 5.41) is 0.491. The zero-order valence-corrected chi connectivity index (χ0v) is 20.9. The Kier molecular flexibility index (Phi) is 6.31. The Morgan fingerprint density at radius 3 is 2.56 bits per heavy atom. The number of fused-ring (bicyclic) bond motifs is 2. The average Bonchev–Trinajstić information content (AvgIpc) is 3.45. The van der Waals surface area contributed by atoms with Crippen LogP contribution in [-0.4, -0.2) is 24.0 Å². The number of hydrogen-bond acceptors (Lipinski definition) is 6. The van der Waals surface area contributed by atoms with E-state index in [-0.39, 0.29) is 23.6 Å². The molecule has 0 aliphatic carbocycles. The van der Waals surface area contributed by atoms with Gasteiger partial charge < -0.3 is 23.2 Å². The van der Waals surface area contributed by atoms with Crippen molar-refractivity contribution in [3.63, 3.8) is 0 Å². The first kappa shape index (κ1) is 23.7. The molecule has 0 spiro atoms. The molecule has 1 aliphatic heterocycles. The van der Waals surface area contributed by atoms with Crippen LogP contribution in [0.3, 0.4) is 0 Å². The molecule has 1 amide bonds. The van der Waals surface area contributed by atoms with Crippen molar-refractivity contribution in [1.82, 2.24) is 4.90 Å². The Balaban J connectivity index is 1.72. The molecule has 1 aliphatic rings. The summed E-state index contributed by atoms with van der Waals surface area (Å²) in [6.07, 6.45) is 2.43. The minimum Gasteiger partial charge on any atom is -0.490 e. The molecule has 1 unspecified atom stereocenters. The Morgan fingerprint density at radius 1 is 1.00 bits per heavy atom. The summed E-state index contributed by atoms with van der Waals surface area (Å²) in [7, 11) is 0. The van der Waals surface area contributed by atoms with Crippen LogP contribution in [0.5, 0.6) is 11.5 Å². The lowest BCUT2D eigenvalue weighted by Crippen LogP contribution is -2.29. The summed E-state index contributed by atoms with van der Waals surface area (Å²) in [5.41, 5.74) is 3.06. The highest BCUT2D eigenvalue weighted by Crippen LogP contribution is 2.42. The van der Waals surface area contributed by atoms with Gasteiger partial charge in [0.15, 0.2) is 16.9 Å². The number of furan rings is 1. The number of rotatable bonds is 8. The first-order valence-electron chi connectivity index (χ1n) is 12.2. The van der Waals surface area contributed by atoms with Crippen molar-refractivity contribution in [2.24, 2.45) is 0 Å². The number of ether oxygens (including phenoxy) is 2. The fourth-order valence-corrected chi connectivity index (χ4v) is 4.89. The number of aryl methyl sites for hydroxylation is 2. The lowest BCUT2D eigenvalue weighted by Gasteiger charge is -2.25. The van der Waals surface area contributed by atoms with Crippen LogP contribution in [0, 0.1) is 13.8 Å². The lowest BCUT2D eigenvalue weighted by atomic mass is 9.96. The van der Waals surface area contributed by atoms with Gasteiger partial charge in [-0.25, -0.2) is 0 Å². The maximum Gasteiger partial charge on any atom is 0.291 e. The number of benzene rings is 2. The molecule has 7 heteroatoms. The van der Waals surface area contributed by atoms with Crippen LogP contribution < -0.4 is 14.9 Å². The summed E-state index contributed by atoms with van der Waals surface area (Å²) in [6.45, 7) is 8.96. The highest BCUT2D eigenvalue weighted by atomic mass is 16.5. The first-order valence-corrected chi connectivity index (χ1v) is 12.2. The molecular weight excluding hydrogens is 458 g/mol. The number of carbonyl (C=O) groups is 1. The Labute approximate surface area is 209 Å². The van der Waals surface area contributed by atoms with Gasteiger partial charge in [0.25, 0.3) is 5.91 Å². The van der Waals surface area contributed by atoms with E-state index in [9.17, 15) is 9.59 Å². The van der Waals surface area contributed by atoms with Crippen LogP contribution in [0.15, 0.2) is 62.4 Å². The maximum absolute atomic E-state index is 13.9. The Bertz CT molecular complexity index is 1480. The summed E-state index contributed by atoms with van der Waals surface area (Å²) in [6, 6.07) is 12.2. The standard InChI is InChI=1S/C29H29NO6/c1-5-11-35-21-10-9-19(15-22(21)33-6-2)26-25-27(31)24-18(4)13-17(3)14-23(24)36-28(25)29(32)30(26)16-20-8-7-12-34-20/h7-10,12-15,26H,5-6,11,16H2,1-4H3. The fraction of sp³-hybridized carbons (Fsp3) is 0.310. The largest absolute Gasteiger partial charge is 0.490 e. The predicted octanol–water partition coefficient (Wildman–Crippen LogP) is 5.94. The molecule has 0 radical (unpaired) electrons. The molecule has 4 aromatic rings. The molecule has 3 heterocycles. The predicted molar refractivity (Wildman–Crippen MR) is 136 cm³/mol. The third kappa shape index (κ3) is 4.04. The van der Waals surface area contributed by atoms with E-state index in [1.165, 1.54) is 0 Å². The Morgan fingerprint density at radius 2 is 1.83 bits per heavy atom. The van der Waals surface area contributed by atoms with Crippen molar-refractivity contribution in [2.45, 2.75) is 46.7 Å². The van der Waals surface area contributed by atoms with Gasteiger partial charge in [0.1, 0.15) is 11.3 Å². The highest BCUT2D eigenvalue weighted by Gasteiger charge is 2.43. The van der Waals surface area contributed by atoms with Gasteiger partial charge >= 0.3 is 0 Å². The van der Waals surface area contributed by atoms with Gasteiger partial charge in [-0.05, 0) is 74.2 Å². The van der Waals surface area contributed by atoms with E-state index in [2.05, 4.69) is 0 Å². The van der Waals surface area contributed by atoms with Gasteiger partial charge in [0.05, 0.1) is 43.0 Å². The zero-order valence-electron chi connectivity index (χ0n) is 20.9. The number of hydrogen-bond donors (Lipinski definition) is 0. The van der Waals surface area contributed by atoms with Crippen molar-refractivity contribution in [2.75, 3.05) is 13.2 Å². The third-order valence-corrected chi connectivity index (χ3v) is 6.36. The lowest BCUT2D eigenvalue weighted by molar-refractivity contribution is 0.0701. The van der Waals surface area contributed by atoms with E-state index < -0.39 is 6.04 Å². The quantitative estimate of drug-likeness (QED) is 0.306. The van der Waals surface area contributed by atoms with Gasteiger partial charge in [-0.1, -0.05) is 19.1 Å². The monoisotopic (exact) mass is 487 g/mol. The molecule has 2 aromatic heterocycles. The van der Waals surface area contributed by atoms with Crippen LogP contribution in [-0.2, 0) is 6.54 Å². The van der Waals surface area contributed by atoms with Crippen LogP contribution in [0.1, 0.15) is 64.9 Å². The minimum atomic E-state index is -0.668. The minimum absolute atomic E-state index is 0.0679. The second kappa shape index (κ2) is 9.57. The molecule has 186 valence electrons. The molecule has 5 rings (SSSR count). The third-order valence-electron chi connectivity index (χ3n) is 6.36. The molecule has 0 bridgehead atoms. The van der Waals surface area contributed by atoms with E-state index in [1.807, 2.05) is 52.0 Å². The normalized spacial score (nSPS) is 14.9. The van der Waals surface area contributed by atoms with Crippen LogP contribution in [0.4, 0.5) is 0 Å². The maximum atomic E-state index is 13.9. The molecule has 0 saturated carbocycles. The van der Waals surface area contributed by atoms with Crippen LogP contribution >= 0.6 is 0 Å². The molecular formula is C29H29NO6. The van der Waals surface area contributed by atoms with Gasteiger partial charge in [-0.15, -0.1) is 0 Å². The SMILES string of the molecule is CCCOc1ccc(C2c3c(oc4cc(C)cc(C)c4c3=O)C(=O)N2Cc2ccco2)cc1OCC. The van der Waals surface area contributed by atoms with E-state index >= 15 is 0 Å².